The number of carbonyl (C=O) groups excluding carboxylic acids is 1. The number of hydrogen-bond donors (Lipinski definition) is 1. The van der Waals surface area contributed by atoms with Crippen molar-refractivity contribution in [2.45, 2.75) is 79.6 Å². The average molecular weight is 287 g/mol. The molecule has 1 atom stereocenters. The second kappa shape index (κ2) is 16.5. The van der Waals surface area contributed by atoms with E-state index < -0.39 is 0 Å². The molecule has 0 aromatic heterocycles. The molecule has 0 aromatic rings. The second-order valence-corrected chi connectivity index (χ2v) is 5.25. The van der Waals surface area contributed by atoms with Crippen LogP contribution < -0.4 is 5.73 Å². The molecule has 20 heavy (non-hydrogen) atoms. The number of hydrogen-bond acceptors (Lipinski definition) is 2. The van der Waals surface area contributed by atoms with Gasteiger partial charge in [0.1, 0.15) is 0 Å². The van der Waals surface area contributed by atoms with E-state index >= 15 is 0 Å². The van der Waals surface area contributed by atoms with Crippen LogP contribution in [0.1, 0.15) is 79.6 Å². The Morgan fingerprint density at radius 1 is 0.950 bits per heavy atom. The van der Waals surface area contributed by atoms with Gasteiger partial charge in [0.25, 0.3) is 0 Å². The summed E-state index contributed by atoms with van der Waals surface area (Å²) in [5, 5.41) is 0. The fourth-order valence-electron chi connectivity index (χ4n) is 2.11. The number of rotatable bonds is 10. The Labute approximate surface area is 127 Å². The van der Waals surface area contributed by atoms with E-state index in [9.17, 15) is 4.79 Å². The summed E-state index contributed by atoms with van der Waals surface area (Å²) in [6.07, 6.45) is 8.21. The van der Waals surface area contributed by atoms with Gasteiger partial charge in [-0.3, -0.25) is 4.79 Å². The van der Waals surface area contributed by atoms with E-state index in [2.05, 4.69) is 34.6 Å². The second-order valence-electron chi connectivity index (χ2n) is 5.25. The van der Waals surface area contributed by atoms with Crippen LogP contribution in [-0.2, 0) is 4.79 Å². The van der Waals surface area contributed by atoms with E-state index in [1.54, 1.807) is 0 Å². The molecular formula is C17H38N2O. The molecule has 0 spiro atoms. The van der Waals surface area contributed by atoms with Gasteiger partial charge in [0, 0.05) is 19.0 Å². The van der Waals surface area contributed by atoms with E-state index in [0.717, 1.165) is 38.9 Å². The fraction of sp³-hybridized carbons (Fsp3) is 0.941. The van der Waals surface area contributed by atoms with Crippen molar-refractivity contribution < 1.29 is 4.79 Å². The predicted octanol–water partition coefficient (Wildman–Crippen LogP) is 4.21. The van der Waals surface area contributed by atoms with Crippen molar-refractivity contribution in [3.8, 4) is 0 Å². The first-order chi connectivity index (χ1) is 9.62. The number of nitrogens with zero attached hydrogens (tertiary/aromatic N) is 1. The summed E-state index contributed by atoms with van der Waals surface area (Å²) < 4.78 is 0. The molecule has 0 bridgehead atoms. The summed E-state index contributed by atoms with van der Waals surface area (Å²) in [5.41, 5.74) is 5.03. The first-order valence-corrected chi connectivity index (χ1v) is 8.61. The van der Waals surface area contributed by atoms with Crippen LogP contribution in [-0.4, -0.2) is 30.4 Å². The highest BCUT2D eigenvalue weighted by Crippen LogP contribution is 2.17. The van der Waals surface area contributed by atoms with E-state index in [-0.39, 0.29) is 5.92 Å². The molecule has 0 saturated heterocycles. The van der Waals surface area contributed by atoms with Crippen LogP contribution in [0.4, 0.5) is 0 Å². The minimum Gasteiger partial charge on any atom is -0.343 e. The van der Waals surface area contributed by atoms with E-state index in [1.807, 2.05) is 4.90 Å². The minimum atomic E-state index is 0.261. The van der Waals surface area contributed by atoms with Crippen LogP contribution >= 0.6 is 0 Å². The Morgan fingerprint density at radius 3 is 1.85 bits per heavy atom. The van der Waals surface area contributed by atoms with Crippen molar-refractivity contribution >= 4 is 5.91 Å². The highest BCUT2D eigenvalue weighted by Gasteiger charge is 2.19. The van der Waals surface area contributed by atoms with Crippen molar-refractivity contribution in [2.24, 2.45) is 11.7 Å². The first-order valence-electron chi connectivity index (χ1n) is 8.61. The molecule has 0 heterocycles. The van der Waals surface area contributed by atoms with Crippen molar-refractivity contribution in [1.82, 2.24) is 4.90 Å². The van der Waals surface area contributed by atoms with E-state index in [0.29, 0.717) is 5.91 Å². The fourth-order valence-corrected chi connectivity index (χ4v) is 2.11. The first kappa shape index (κ1) is 21.7. The smallest absolute Gasteiger partial charge is 0.225 e. The maximum absolute atomic E-state index is 12.1. The molecule has 0 radical (unpaired) electrons. The highest BCUT2D eigenvalue weighted by atomic mass is 16.2. The van der Waals surface area contributed by atoms with Gasteiger partial charge < -0.3 is 10.6 Å². The van der Waals surface area contributed by atoms with Crippen molar-refractivity contribution in [1.29, 1.82) is 0 Å². The minimum absolute atomic E-state index is 0.261. The van der Waals surface area contributed by atoms with Gasteiger partial charge in [-0.2, -0.15) is 0 Å². The van der Waals surface area contributed by atoms with Crippen LogP contribution in [0, 0.1) is 5.92 Å². The Balaban J connectivity index is 0. The van der Waals surface area contributed by atoms with Gasteiger partial charge in [0.2, 0.25) is 5.91 Å². The van der Waals surface area contributed by atoms with E-state index in [4.69, 9.17) is 5.73 Å². The maximum atomic E-state index is 12.1. The highest BCUT2D eigenvalue weighted by molar-refractivity contribution is 5.78. The van der Waals surface area contributed by atoms with Crippen LogP contribution in [0.15, 0.2) is 0 Å². The molecule has 0 aliphatic rings. The molecule has 0 saturated carbocycles. The summed E-state index contributed by atoms with van der Waals surface area (Å²) >= 11 is 0. The molecule has 3 nitrogen and oxygen atoms in total. The Hall–Kier alpha value is -0.570. The van der Waals surface area contributed by atoms with Crippen molar-refractivity contribution in [2.75, 3.05) is 19.6 Å². The summed E-state index contributed by atoms with van der Waals surface area (Å²) in [7, 11) is 0. The molecule has 2 N–H and O–H groups in total. The van der Waals surface area contributed by atoms with E-state index in [1.165, 1.54) is 25.7 Å². The lowest BCUT2D eigenvalue weighted by atomic mass is 9.96. The van der Waals surface area contributed by atoms with Crippen LogP contribution in [0.3, 0.4) is 0 Å². The zero-order chi connectivity index (χ0) is 15.8. The molecule has 3 heteroatoms. The lowest BCUT2D eigenvalue weighted by molar-refractivity contribution is -0.135. The average Bonchev–Trinajstić information content (AvgIpc) is 2.48. The monoisotopic (exact) mass is 286 g/mol. The number of nitrogens with two attached hydrogens (primary N) is 1. The Kier molecular flexibility index (Phi) is 17.9. The normalized spacial score (nSPS) is 11.5. The maximum Gasteiger partial charge on any atom is 0.225 e. The molecule has 0 fully saturated rings. The molecule has 0 aliphatic heterocycles. The standard InChI is InChI=1S/C14H29NO.C3H9N/c1-5-9-10-11-12-13(6-2)14(16)15(7-3)8-4;1-2-3-4/h13H,5-12H2,1-4H3;2-4H2,1H3. The third-order valence-electron chi connectivity index (χ3n) is 3.61. The third kappa shape index (κ3) is 11.3. The van der Waals surface area contributed by atoms with Crippen LogP contribution in [0.2, 0.25) is 0 Å². The Bertz CT molecular complexity index is 201. The molecular weight excluding hydrogens is 248 g/mol. The van der Waals surface area contributed by atoms with Gasteiger partial charge in [-0.05, 0) is 39.7 Å². The Morgan fingerprint density at radius 2 is 1.50 bits per heavy atom. The molecule has 1 unspecified atom stereocenters. The zero-order valence-electron chi connectivity index (χ0n) is 14.6. The summed E-state index contributed by atoms with van der Waals surface area (Å²) in [5.74, 6) is 0.626. The van der Waals surface area contributed by atoms with Crippen molar-refractivity contribution in [3.05, 3.63) is 0 Å². The lowest BCUT2D eigenvalue weighted by Gasteiger charge is -2.24. The number of unbranched alkanes of at least 4 members (excludes halogenated alkanes) is 3. The number of amides is 1. The van der Waals surface area contributed by atoms with Crippen LogP contribution in [0.5, 0.6) is 0 Å². The zero-order valence-corrected chi connectivity index (χ0v) is 14.6. The largest absolute Gasteiger partial charge is 0.343 e. The van der Waals surface area contributed by atoms with Crippen LogP contribution in [0.25, 0.3) is 0 Å². The lowest BCUT2D eigenvalue weighted by Crippen LogP contribution is -2.35. The van der Waals surface area contributed by atoms with Gasteiger partial charge in [-0.15, -0.1) is 0 Å². The molecule has 0 rings (SSSR count). The molecule has 0 aromatic carbocycles. The summed E-state index contributed by atoms with van der Waals surface area (Å²) in [4.78, 5) is 14.1. The summed E-state index contributed by atoms with van der Waals surface area (Å²) in [6.45, 7) is 13.0. The molecule has 1 amide bonds. The quantitative estimate of drug-likeness (QED) is 0.612. The molecule has 122 valence electrons. The van der Waals surface area contributed by atoms with Gasteiger partial charge >= 0.3 is 0 Å². The number of carbonyl (C=O) groups is 1. The third-order valence-corrected chi connectivity index (χ3v) is 3.61. The summed E-state index contributed by atoms with van der Waals surface area (Å²) in [6, 6.07) is 0. The van der Waals surface area contributed by atoms with Gasteiger partial charge in [-0.25, -0.2) is 0 Å². The SMILES string of the molecule is CCCCCCC(CC)C(=O)N(CC)CC.CCCN. The van der Waals surface area contributed by atoms with Gasteiger partial charge in [-0.1, -0.05) is 46.5 Å². The van der Waals surface area contributed by atoms with Crippen molar-refractivity contribution in [3.63, 3.8) is 0 Å². The van der Waals surface area contributed by atoms with Gasteiger partial charge in [0.15, 0.2) is 0 Å². The molecule has 0 aliphatic carbocycles. The predicted molar refractivity (Wildman–Crippen MR) is 89.8 cm³/mol. The van der Waals surface area contributed by atoms with Gasteiger partial charge in [0.05, 0.1) is 0 Å². The topological polar surface area (TPSA) is 46.3 Å².